The summed E-state index contributed by atoms with van der Waals surface area (Å²) in [5.41, 5.74) is 3.85. The molecular formula is C20H44O4Si4. The van der Waals surface area contributed by atoms with Crippen molar-refractivity contribution in [3.05, 3.63) is 24.6 Å². The Morgan fingerprint density at radius 3 is 1.14 bits per heavy atom. The molecule has 0 unspecified atom stereocenters. The summed E-state index contributed by atoms with van der Waals surface area (Å²) in [6.45, 7) is 21.2. The van der Waals surface area contributed by atoms with Crippen LogP contribution in [0.2, 0.25) is 38.3 Å². The average molecular weight is 461 g/mol. The third-order valence-electron chi connectivity index (χ3n) is 5.38. The van der Waals surface area contributed by atoms with Crippen molar-refractivity contribution in [3.8, 4) is 0 Å². The smallest absolute Gasteiger partial charge is 0.343 e. The standard InChI is InChI=1S/C20H44O4Si4/c1-9-13-15-17-19-27(7)21-25(5,11-3)23-28(8,20-18-16-14-10-2)24-26(6,12-4)22-27/h11-12H,3-4,9-10,13-20H2,1-2,5-8H3. The lowest BCUT2D eigenvalue weighted by Gasteiger charge is -2.48. The molecule has 8 heteroatoms. The van der Waals surface area contributed by atoms with E-state index < -0.39 is 34.2 Å². The Morgan fingerprint density at radius 2 is 0.893 bits per heavy atom. The van der Waals surface area contributed by atoms with Gasteiger partial charge >= 0.3 is 34.2 Å². The van der Waals surface area contributed by atoms with Gasteiger partial charge in [-0.05, 0) is 38.3 Å². The Balaban J connectivity index is 3.03. The predicted molar refractivity (Wildman–Crippen MR) is 129 cm³/mol. The molecule has 0 aromatic heterocycles. The predicted octanol–water partition coefficient (Wildman–Crippen LogP) is 6.97. The minimum absolute atomic E-state index is 0.974. The summed E-state index contributed by atoms with van der Waals surface area (Å²) in [4.78, 5) is 0. The second-order valence-corrected chi connectivity index (χ2v) is 22.4. The first-order chi connectivity index (χ1) is 13.1. The lowest BCUT2D eigenvalue weighted by molar-refractivity contribution is 0.234. The second kappa shape index (κ2) is 11.5. The van der Waals surface area contributed by atoms with Crippen molar-refractivity contribution in [2.75, 3.05) is 0 Å². The molecule has 0 saturated carbocycles. The van der Waals surface area contributed by atoms with Crippen molar-refractivity contribution in [1.82, 2.24) is 0 Å². The summed E-state index contributed by atoms with van der Waals surface area (Å²) in [5, 5.41) is 0. The van der Waals surface area contributed by atoms with Crippen LogP contribution in [0.15, 0.2) is 24.6 Å². The Labute approximate surface area is 178 Å². The third kappa shape index (κ3) is 8.51. The highest BCUT2D eigenvalue weighted by Gasteiger charge is 2.55. The van der Waals surface area contributed by atoms with Crippen LogP contribution in [0, 0.1) is 0 Å². The van der Waals surface area contributed by atoms with Crippen molar-refractivity contribution in [2.45, 2.75) is 103 Å². The molecule has 0 spiro atoms. The van der Waals surface area contributed by atoms with Gasteiger partial charge in [0.2, 0.25) is 0 Å². The molecule has 4 nitrogen and oxygen atoms in total. The largest absolute Gasteiger partial charge is 0.413 e. The van der Waals surface area contributed by atoms with Gasteiger partial charge in [-0.2, -0.15) is 0 Å². The average Bonchev–Trinajstić information content (AvgIpc) is 2.61. The molecule has 0 radical (unpaired) electrons. The van der Waals surface area contributed by atoms with E-state index in [0.29, 0.717) is 0 Å². The molecule has 1 fully saturated rings. The van der Waals surface area contributed by atoms with E-state index in [1.807, 2.05) is 11.4 Å². The van der Waals surface area contributed by atoms with Gasteiger partial charge in [0, 0.05) is 0 Å². The summed E-state index contributed by atoms with van der Waals surface area (Å²) in [6, 6.07) is 1.95. The maximum atomic E-state index is 6.77. The molecule has 0 N–H and O–H groups in total. The number of rotatable bonds is 12. The molecule has 1 heterocycles. The van der Waals surface area contributed by atoms with Crippen LogP contribution in [0.25, 0.3) is 0 Å². The first kappa shape index (κ1) is 26.2. The molecule has 164 valence electrons. The van der Waals surface area contributed by atoms with E-state index in [1.54, 1.807) is 0 Å². The summed E-state index contributed by atoms with van der Waals surface area (Å²) in [5.74, 6) is 0. The zero-order chi connectivity index (χ0) is 21.3. The van der Waals surface area contributed by atoms with E-state index in [9.17, 15) is 0 Å². The van der Waals surface area contributed by atoms with Gasteiger partial charge in [0.1, 0.15) is 0 Å². The van der Waals surface area contributed by atoms with Gasteiger partial charge in [-0.1, -0.05) is 76.6 Å². The van der Waals surface area contributed by atoms with Crippen molar-refractivity contribution < 1.29 is 16.5 Å². The molecule has 1 aliphatic heterocycles. The Kier molecular flexibility index (Phi) is 10.8. The van der Waals surface area contributed by atoms with E-state index in [-0.39, 0.29) is 0 Å². The monoisotopic (exact) mass is 460 g/mol. The molecule has 0 aliphatic carbocycles. The highest BCUT2D eigenvalue weighted by molar-refractivity contribution is 6.96. The molecular weight excluding hydrogens is 417 g/mol. The van der Waals surface area contributed by atoms with Gasteiger partial charge in [0.25, 0.3) is 0 Å². The number of hydrogen-bond acceptors (Lipinski definition) is 4. The van der Waals surface area contributed by atoms with Gasteiger partial charge < -0.3 is 16.5 Å². The van der Waals surface area contributed by atoms with Crippen LogP contribution in [-0.4, -0.2) is 34.2 Å². The van der Waals surface area contributed by atoms with Crippen molar-refractivity contribution in [2.24, 2.45) is 0 Å². The van der Waals surface area contributed by atoms with E-state index in [0.717, 1.165) is 24.9 Å². The third-order valence-corrected chi connectivity index (χ3v) is 22.8. The molecule has 0 amide bonds. The fourth-order valence-electron chi connectivity index (χ4n) is 3.91. The molecule has 1 saturated heterocycles. The van der Waals surface area contributed by atoms with Gasteiger partial charge in [0.15, 0.2) is 0 Å². The lowest BCUT2D eigenvalue weighted by atomic mass is 10.2. The Hall–Kier alpha value is 0.188. The summed E-state index contributed by atoms with van der Waals surface area (Å²) in [7, 11) is -9.97. The maximum absolute atomic E-state index is 6.77. The minimum Gasteiger partial charge on any atom is -0.413 e. The van der Waals surface area contributed by atoms with Crippen molar-refractivity contribution in [3.63, 3.8) is 0 Å². The first-order valence-electron chi connectivity index (χ1n) is 11.1. The van der Waals surface area contributed by atoms with Crippen LogP contribution in [0.3, 0.4) is 0 Å². The SMILES string of the molecule is C=C[Si]1(C)O[Si](C)(CCCCCC)O[Si](C)(C=C)O[Si](C)(CCCCCC)O1. The van der Waals surface area contributed by atoms with Crippen LogP contribution >= 0.6 is 0 Å². The Morgan fingerprint density at radius 1 is 0.571 bits per heavy atom. The summed E-state index contributed by atoms with van der Waals surface area (Å²) < 4.78 is 27.1. The van der Waals surface area contributed by atoms with Gasteiger partial charge in [-0.3, -0.25) is 0 Å². The summed E-state index contributed by atoms with van der Waals surface area (Å²) >= 11 is 0. The summed E-state index contributed by atoms with van der Waals surface area (Å²) in [6.07, 6.45) is 9.67. The van der Waals surface area contributed by atoms with Crippen LogP contribution < -0.4 is 0 Å². The van der Waals surface area contributed by atoms with E-state index >= 15 is 0 Å². The highest BCUT2D eigenvalue weighted by Crippen LogP contribution is 2.36. The molecule has 28 heavy (non-hydrogen) atoms. The van der Waals surface area contributed by atoms with Gasteiger partial charge in [0.05, 0.1) is 0 Å². The highest BCUT2D eigenvalue weighted by atomic mass is 28.5. The maximum Gasteiger partial charge on any atom is 0.343 e. The van der Waals surface area contributed by atoms with E-state index in [1.165, 1.54) is 38.5 Å². The fourth-order valence-corrected chi connectivity index (χ4v) is 24.6. The van der Waals surface area contributed by atoms with Crippen LogP contribution in [-0.2, 0) is 16.5 Å². The van der Waals surface area contributed by atoms with Gasteiger partial charge in [-0.25, -0.2) is 0 Å². The molecule has 0 aromatic rings. The van der Waals surface area contributed by atoms with Crippen LogP contribution in [0.4, 0.5) is 0 Å². The van der Waals surface area contributed by atoms with Crippen molar-refractivity contribution >= 4 is 34.2 Å². The zero-order valence-corrected chi connectivity index (χ0v) is 23.3. The first-order valence-corrected chi connectivity index (χ1v) is 21.0. The van der Waals surface area contributed by atoms with Crippen molar-refractivity contribution in [1.29, 1.82) is 0 Å². The number of unbranched alkanes of at least 4 members (excludes halogenated alkanes) is 6. The van der Waals surface area contributed by atoms with Crippen LogP contribution in [0.1, 0.15) is 65.2 Å². The molecule has 0 atom stereocenters. The van der Waals surface area contributed by atoms with Crippen LogP contribution in [0.5, 0.6) is 0 Å². The van der Waals surface area contributed by atoms with E-state index in [4.69, 9.17) is 16.5 Å². The molecule has 0 bridgehead atoms. The van der Waals surface area contributed by atoms with Gasteiger partial charge in [-0.15, -0.1) is 13.2 Å². The number of hydrogen-bond donors (Lipinski definition) is 0. The molecule has 1 aliphatic rings. The fraction of sp³-hybridized carbons (Fsp3) is 0.800. The quantitative estimate of drug-likeness (QED) is 0.233. The molecule has 1 rings (SSSR count). The second-order valence-electron chi connectivity index (χ2n) is 8.74. The Bertz CT molecular complexity index is 445. The topological polar surface area (TPSA) is 36.9 Å². The molecule has 0 aromatic carbocycles. The lowest BCUT2D eigenvalue weighted by Crippen LogP contribution is -2.66. The zero-order valence-electron chi connectivity index (χ0n) is 19.3. The minimum atomic E-state index is -2.55. The normalized spacial score (nSPS) is 36.5. The van der Waals surface area contributed by atoms with E-state index in [2.05, 4.69) is 53.2 Å².